The van der Waals surface area contributed by atoms with Gasteiger partial charge in [0.15, 0.2) is 0 Å². The van der Waals surface area contributed by atoms with Crippen molar-refractivity contribution in [1.29, 1.82) is 0 Å². The maximum atomic E-state index is 12.6. The second-order valence-electron chi connectivity index (χ2n) is 11.5. The third kappa shape index (κ3) is 5.70. The molecule has 8 heteroatoms. The molecule has 198 valence electrons. The second-order valence-corrected chi connectivity index (χ2v) is 12.8. The van der Waals surface area contributed by atoms with Gasteiger partial charge in [0.05, 0.1) is 23.3 Å². The minimum absolute atomic E-state index is 0.00951. The van der Waals surface area contributed by atoms with Gasteiger partial charge in [-0.15, -0.1) is 11.3 Å². The number of carbonyl (C=O) groups is 2. The lowest BCUT2D eigenvalue weighted by atomic mass is 9.72. The van der Waals surface area contributed by atoms with E-state index in [2.05, 4.69) is 37.1 Å². The Hall–Kier alpha value is -2.58. The third-order valence-electron chi connectivity index (χ3n) is 7.33. The number of carboxylic acid groups (broad SMARTS) is 1. The van der Waals surface area contributed by atoms with E-state index in [1.165, 1.54) is 0 Å². The summed E-state index contributed by atoms with van der Waals surface area (Å²) < 4.78 is 0. The van der Waals surface area contributed by atoms with Crippen molar-refractivity contribution < 1.29 is 14.7 Å². The molecule has 0 radical (unpaired) electrons. The summed E-state index contributed by atoms with van der Waals surface area (Å²) in [6, 6.07) is 6.11. The van der Waals surface area contributed by atoms with Crippen LogP contribution in [0.1, 0.15) is 67.0 Å². The number of benzene rings is 1. The Bertz CT molecular complexity index is 1140. The molecule has 1 aromatic heterocycles. The van der Waals surface area contributed by atoms with Crippen LogP contribution < -0.4 is 11.1 Å². The summed E-state index contributed by atoms with van der Waals surface area (Å²) in [7, 11) is 1.87. The zero-order valence-corrected chi connectivity index (χ0v) is 23.8. The van der Waals surface area contributed by atoms with Crippen LogP contribution in [-0.2, 0) is 16.1 Å². The van der Waals surface area contributed by atoms with Gasteiger partial charge in [0.25, 0.3) is 0 Å². The van der Waals surface area contributed by atoms with E-state index in [1.807, 2.05) is 37.9 Å². The molecule has 1 atom stereocenters. The van der Waals surface area contributed by atoms with Crippen molar-refractivity contribution in [1.82, 2.24) is 9.80 Å². The number of nitrogen functional groups attached to an aromatic ring is 1. The van der Waals surface area contributed by atoms with Crippen LogP contribution in [-0.4, -0.2) is 60.0 Å². The summed E-state index contributed by atoms with van der Waals surface area (Å²) >= 11 is 1.64. The van der Waals surface area contributed by atoms with Gasteiger partial charge in [0, 0.05) is 48.9 Å². The lowest BCUT2D eigenvalue weighted by Crippen LogP contribution is -2.35. The maximum absolute atomic E-state index is 12.6. The van der Waals surface area contributed by atoms with Crippen LogP contribution >= 0.6 is 11.3 Å². The van der Waals surface area contributed by atoms with E-state index in [0.717, 1.165) is 51.8 Å². The van der Waals surface area contributed by atoms with Crippen LogP contribution in [0.4, 0.5) is 11.4 Å². The van der Waals surface area contributed by atoms with Crippen LogP contribution in [0.15, 0.2) is 18.2 Å². The molecule has 1 saturated heterocycles. The molecular formula is C28H42N4O3S. The highest BCUT2D eigenvalue weighted by molar-refractivity contribution is 7.12. The predicted octanol–water partition coefficient (Wildman–Crippen LogP) is 4.92. The number of aliphatic carboxylic acids is 1. The van der Waals surface area contributed by atoms with E-state index in [-0.39, 0.29) is 17.2 Å². The van der Waals surface area contributed by atoms with E-state index in [4.69, 9.17) is 5.73 Å². The topological polar surface area (TPSA) is 98.9 Å². The number of nitrogens with two attached hydrogens (primary N) is 1. The number of thiophene rings is 1. The van der Waals surface area contributed by atoms with Crippen molar-refractivity contribution in [3.63, 3.8) is 0 Å². The van der Waals surface area contributed by atoms with E-state index in [0.29, 0.717) is 18.8 Å². The molecule has 1 aliphatic heterocycles. The lowest BCUT2D eigenvalue weighted by Gasteiger charge is -2.32. The number of likely N-dealkylation sites (N-methyl/N-ethyl adjacent to an activating group) is 1. The van der Waals surface area contributed by atoms with Gasteiger partial charge in [0.2, 0.25) is 5.91 Å². The molecule has 2 heterocycles. The van der Waals surface area contributed by atoms with Gasteiger partial charge in [-0.1, -0.05) is 19.9 Å². The average Bonchev–Trinajstić information content (AvgIpc) is 3.06. The average molecular weight is 515 g/mol. The van der Waals surface area contributed by atoms with Gasteiger partial charge >= 0.3 is 5.97 Å². The van der Waals surface area contributed by atoms with Gasteiger partial charge in [-0.05, 0) is 68.9 Å². The monoisotopic (exact) mass is 514 g/mol. The Kier molecular flexibility index (Phi) is 8.10. The highest BCUT2D eigenvalue weighted by Crippen LogP contribution is 2.47. The Labute approximate surface area is 219 Å². The molecular weight excluding hydrogens is 472 g/mol. The normalized spacial score (nSPS) is 17.7. The molecule has 0 saturated carbocycles. The fourth-order valence-corrected chi connectivity index (χ4v) is 6.72. The maximum Gasteiger partial charge on any atom is 0.310 e. The summed E-state index contributed by atoms with van der Waals surface area (Å²) in [6.07, 6.45) is 0. The van der Waals surface area contributed by atoms with E-state index >= 15 is 0 Å². The quantitative estimate of drug-likeness (QED) is 0.433. The van der Waals surface area contributed by atoms with Crippen molar-refractivity contribution >= 4 is 34.6 Å². The van der Waals surface area contributed by atoms with Gasteiger partial charge < -0.3 is 21.1 Å². The molecule has 0 spiro atoms. The predicted molar refractivity (Wildman–Crippen MR) is 149 cm³/mol. The molecule has 1 amide bonds. The summed E-state index contributed by atoms with van der Waals surface area (Å²) in [5.41, 5.74) is 9.93. The number of anilines is 2. The van der Waals surface area contributed by atoms with E-state index in [1.54, 1.807) is 25.2 Å². The highest BCUT2D eigenvalue weighted by atomic mass is 32.1. The van der Waals surface area contributed by atoms with Crippen molar-refractivity contribution in [2.24, 2.45) is 10.8 Å². The summed E-state index contributed by atoms with van der Waals surface area (Å²) in [6.45, 7) is 17.4. The first kappa shape index (κ1) is 28.0. The van der Waals surface area contributed by atoms with Crippen molar-refractivity contribution in [3.05, 3.63) is 44.6 Å². The number of nitrogens with one attached hydrogen (secondary N) is 1. The largest absolute Gasteiger partial charge is 0.481 e. The number of nitrogens with zero attached hydrogens (tertiary/aromatic N) is 2. The Morgan fingerprint density at radius 1 is 1.28 bits per heavy atom. The molecule has 3 rings (SSSR count). The highest BCUT2D eigenvalue weighted by Gasteiger charge is 2.41. The lowest BCUT2D eigenvalue weighted by molar-refractivity contribution is -0.147. The molecule has 1 aromatic carbocycles. The standard InChI is InChI=1S/C28H42N4O3S/c1-9-30-21-11-10-20(17(2)25(21)29)24(28(6,7)26(34)35)22-12-19(18(3)36-22)13-32-14-23(33)31(8)15-27(4,5)16-32/h10-12,24,30H,9,13-16,29H2,1-8H3,(H,34,35). The third-order valence-corrected chi connectivity index (χ3v) is 8.49. The van der Waals surface area contributed by atoms with Crippen LogP contribution in [0.3, 0.4) is 0 Å². The Balaban J connectivity index is 2.04. The smallest absolute Gasteiger partial charge is 0.310 e. The molecule has 1 aliphatic rings. The van der Waals surface area contributed by atoms with Crippen molar-refractivity contribution in [2.75, 3.05) is 44.3 Å². The number of carboxylic acids is 1. The van der Waals surface area contributed by atoms with Gasteiger partial charge in [-0.2, -0.15) is 0 Å². The van der Waals surface area contributed by atoms with E-state index in [9.17, 15) is 14.7 Å². The second kappa shape index (κ2) is 10.4. The fraction of sp³-hybridized carbons (Fsp3) is 0.571. The molecule has 0 bridgehead atoms. The fourth-order valence-electron chi connectivity index (χ4n) is 5.37. The number of carbonyl (C=O) groups excluding carboxylic acids is 1. The van der Waals surface area contributed by atoms with Crippen LogP contribution in [0.2, 0.25) is 0 Å². The van der Waals surface area contributed by atoms with Crippen molar-refractivity contribution in [3.8, 4) is 0 Å². The zero-order chi connectivity index (χ0) is 27.0. The summed E-state index contributed by atoms with van der Waals surface area (Å²) in [5.74, 6) is -1.08. The van der Waals surface area contributed by atoms with E-state index < -0.39 is 11.4 Å². The molecule has 1 unspecified atom stereocenters. The Morgan fingerprint density at radius 3 is 2.56 bits per heavy atom. The van der Waals surface area contributed by atoms with Crippen LogP contribution in [0, 0.1) is 24.7 Å². The number of amides is 1. The Morgan fingerprint density at radius 2 is 1.94 bits per heavy atom. The molecule has 4 N–H and O–H groups in total. The van der Waals surface area contributed by atoms with Crippen LogP contribution in [0.5, 0.6) is 0 Å². The molecule has 1 fully saturated rings. The first-order valence-electron chi connectivity index (χ1n) is 12.6. The molecule has 7 nitrogen and oxygen atoms in total. The van der Waals surface area contributed by atoms with Gasteiger partial charge in [-0.25, -0.2) is 0 Å². The van der Waals surface area contributed by atoms with Crippen molar-refractivity contribution in [2.45, 2.75) is 60.9 Å². The first-order valence-corrected chi connectivity index (χ1v) is 13.4. The van der Waals surface area contributed by atoms with Gasteiger partial charge in [-0.3, -0.25) is 14.5 Å². The number of hydrogen-bond acceptors (Lipinski definition) is 6. The summed E-state index contributed by atoms with van der Waals surface area (Å²) in [4.78, 5) is 31.3. The zero-order valence-electron chi connectivity index (χ0n) is 23.0. The minimum Gasteiger partial charge on any atom is -0.481 e. The minimum atomic E-state index is -1.05. The number of hydrogen-bond donors (Lipinski definition) is 3. The van der Waals surface area contributed by atoms with Crippen LogP contribution in [0.25, 0.3) is 0 Å². The first-order chi connectivity index (χ1) is 16.7. The molecule has 0 aliphatic carbocycles. The SMILES string of the molecule is CCNc1ccc(C(c2cc(CN3CC(=O)N(C)CC(C)(C)C3)c(C)s2)C(C)(C)C(=O)O)c(C)c1N. The number of aryl methyl sites for hydroxylation is 1. The number of rotatable bonds is 8. The van der Waals surface area contributed by atoms with Gasteiger partial charge in [0.1, 0.15) is 0 Å². The molecule has 36 heavy (non-hydrogen) atoms. The molecule has 2 aromatic rings. The summed E-state index contributed by atoms with van der Waals surface area (Å²) in [5, 5.41) is 13.5.